The Morgan fingerprint density at radius 1 is 1.15 bits per heavy atom. The smallest absolute Gasteiger partial charge is 0.261 e. The van der Waals surface area contributed by atoms with Crippen molar-refractivity contribution in [3.05, 3.63) is 59.1 Å². The molecule has 0 fully saturated rings. The van der Waals surface area contributed by atoms with E-state index in [2.05, 4.69) is 5.32 Å². The molecule has 0 bridgehead atoms. The van der Waals surface area contributed by atoms with Crippen molar-refractivity contribution in [3.63, 3.8) is 0 Å². The van der Waals surface area contributed by atoms with Gasteiger partial charge >= 0.3 is 0 Å². The Hall–Kier alpha value is -2.09. The number of hydrogen-bond acceptors (Lipinski definition) is 4. The summed E-state index contributed by atoms with van der Waals surface area (Å²) in [4.78, 5) is 12.4. The highest BCUT2D eigenvalue weighted by molar-refractivity contribution is 7.89. The van der Waals surface area contributed by atoms with Crippen LogP contribution in [-0.4, -0.2) is 38.8 Å². The van der Waals surface area contributed by atoms with Crippen molar-refractivity contribution in [1.82, 2.24) is 9.62 Å². The summed E-state index contributed by atoms with van der Waals surface area (Å²) in [6.07, 6.45) is -0.742. The molecule has 0 aliphatic carbocycles. The number of benzene rings is 2. The number of carbonyl (C=O) groups excluding carboxylic acids is 1. The molecule has 0 aliphatic heterocycles. The molecule has 1 N–H and O–H groups in total. The van der Waals surface area contributed by atoms with E-state index in [1.807, 2.05) is 0 Å². The van der Waals surface area contributed by atoms with Crippen LogP contribution in [0.25, 0.3) is 0 Å². The monoisotopic (exact) mass is 396 g/mol. The van der Waals surface area contributed by atoms with Gasteiger partial charge in [-0.3, -0.25) is 4.79 Å². The fraction of sp³-hybridized carbons (Fsp3) is 0.278. The minimum atomic E-state index is -3.59. The van der Waals surface area contributed by atoms with Gasteiger partial charge in [0.15, 0.2) is 6.10 Å². The van der Waals surface area contributed by atoms with E-state index in [0.29, 0.717) is 16.3 Å². The molecular formula is C18H21ClN2O4S. The summed E-state index contributed by atoms with van der Waals surface area (Å²) >= 11 is 5.81. The Morgan fingerprint density at radius 2 is 1.77 bits per heavy atom. The lowest BCUT2D eigenvalue weighted by Gasteiger charge is -2.17. The van der Waals surface area contributed by atoms with Crippen LogP contribution in [0.15, 0.2) is 53.4 Å². The summed E-state index contributed by atoms with van der Waals surface area (Å²) in [5, 5.41) is 3.29. The second-order valence-electron chi connectivity index (χ2n) is 5.83. The van der Waals surface area contributed by atoms with Crippen LogP contribution < -0.4 is 10.1 Å². The van der Waals surface area contributed by atoms with Crippen LogP contribution >= 0.6 is 11.6 Å². The Kier molecular flexibility index (Phi) is 6.63. The summed E-state index contributed by atoms with van der Waals surface area (Å²) < 4.78 is 31.5. The maximum Gasteiger partial charge on any atom is 0.261 e. The number of ether oxygens (including phenoxy) is 1. The molecule has 1 unspecified atom stereocenters. The van der Waals surface area contributed by atoms with Crippen LogP contribution in [0, 0.1) is 0 Å². The van der Waals surface area contributed by atoms with Crippen molar-refractivity contribution in [2.24, 2.45) is 0 Å². The third-order valence-electron chi connectivity index (χ3n) is 3.68. The van der Waals surface area contributed by atoms with Crippen LogP contribution in [0.2, 0.25) is 5.02 Å². The highest BCUT2D eigenvalue weighted by Crippen LogP contribution is 2.19. The predicted octanol–water partition coefficient (Wildman–Crippen LogP) is 2.67. The van der Waals surface area contributed by atoms with E-state index in [-0.39, 0.29) is 17.3 Å². The topological polar surface area (TPSA) is 75.7 Å². The molecule has 0 spiro atoms. The fourth-order valence-corrected chi connectivity index (χ4v) is 3.44. The maximum atomic E-state index is 12.4. The van der Waals surface area contributed by atoms with E-state index >= 15 is 0 Å². The first-order valence-electron chi connectivity index (χ1n) is 7.92. The molecule has 1 amide bonds. The van der Waals surface area contributed by atoms with Crippen molar-refractivity contribution in [2.45, 2.75) is 24.5 Å². The maximum absolute atomic E-state index is 12.4. The number of nitrogens with zero attached hydrogens (tertiary/aromatic N) is 1. The molecule has 2 aromatic rings. The highest BCUT2D eigenvalue weighted by atomic mass is 35.5. The van der Waals surface area contributed by atoms with Gasteiger partial charge in [0, 0.05) is 25.7 Å². The van der Waals surface area contributed by atoms with Gasteiger partial charge in [-0.25, -0.2) is 12.7 Å². The second kappa shape index (κ2) is 8.53. The molecule has 0 saturated heterocycles. The van der Waals surface area contributed by atoms with Crippen molar-refractivity contribution in [1.29, 1.82) is 0 Å². The average molecular weight is 397 g/mol. The predicted molar refractivity (Wildman–Crippen MR) is 101 cm³/mol. The van der Waals surface area contributed by atoms with Crippen molar-refractivity contribution >= 4 is 27.5 Å². The first-order valence-corrected chi connectivity index (χ1v) is 9.74. The first-order chi connectivity index (χ1) is 12.2. The summed E-state index contributed by atoms with van der Waals surface area (Å²) in [7, 11) is -0.660. The molecule has 2 rings (SSSR count). The van der Waals surface area contributed by atoms with Crippen molar-refractivity contribution in [2.75, 3.05) is 14.1 Å². The number of nitrogens with one attached hydrogen (secondary N) is 1. The van der Waals surface area contributed by atoms with E-state index in [0.717, 1.165) is 4.31 Å². The Morgan fingerprint density at radius 3 is 2.38 bits per heavy atom. The summed E-state index contributed by atoms with van der Waals surface area (Å²) in [5.74, 6) is 0.171. The zero-order valence-corrected chi connectivity index (χ0v) is 16.3. The Bertz CT molecular complexity index is 867. The molecule has 0 aliphatic rings. The van der Waals surface area contributed by atoms with Gasteiger partial charge in [-0.2, -0.15) is 0 Å². The van der Waals surface area contributed by atoms with Gasteiger partial charge in [-0.15, -0.1) is 0 Å². The molecule has 2 aromatic carbocycles. The quantitative estimate of drug-likeness (QED) is 0.780. The minimum absolute atomic E-state index is 0.0798. The third-order valence-corrected chi connectivity index (χ3v) is 5.85. The van der Waals surface area contributed by atoms with Gasteiger partial charge in [-0.1, -0.05) is 29.8 Å². The largest absolute Gasteiger partial charge is 0.481 e. The van der Waals surface area contributed by atoms with Crippen LogP contribution in [-0.2, 0) is 21.4 Å². The molecule has 8 heteroatoms. The molecule has 26 heavy (non-hydrogen) atoms. The molecule has 1 atom stereocenters. The fourth-order valence-electron chi connectivity index (χ4n) is 2.20. The number of sulfonamides is 1. The highest BCUT2D eigenvalue weighted by Gasteiger charge is 2.21. The van der Waals surface area contributed by atoms with Gasteiger partial charge in [0.1, 0.15) is 5.75 Å². The second-order valence-corrected chi connectivity index (χ2v) is 8.38. The normalized spacial score (nSPS) is 12.7. The van der Waals surface area contributed by atoms with E-state index in [1.165, 1.54) is 20.2 Å². The van der Waals surface area contributed by atoms with Crippen LogP contribution in [0.5, 0.6) is 5.75 Å². The van der Waals surface area contributed by atoms with Gasteiger partial charge in [0.2, 0.25) is 10.0 Å². The number of rotatable bonds is 7. The van der Waals surface area contributed by atoms with Crippen LogP contribution in [0.3, 0.4) is 0 Å². The molecule has 0 aromatic heterocycles. The van der Waals surface area contributed by atoms with Crippen molar-refractivity contribution in [3.8, 4) is 5.75 Å². The number of halogens is 1. The van der Waals surface area contributed by atoms with Gasteiger partial charge in [0.05, 0.1) is 4.90 Å². The van der Waals surface area contributed by atoms with Crippen LogP contribution in [0.4, 0.5) is 0 Å². The van der Waals surface area contributed by atoms with Crippen molar-refractivity contribution < 1.29 is 17.9 Å². The van der Waals surface area contributed by atoms with Gasteiger partial charge in [0.25, 0.3) is 5.91 Å². The number of carbonyl (C=O) groups is 1. The lowest BCUT2D eigenvalue weighted by molar-refractivity contribution is -0.127. The van der Waals surface area contributed by atoms with E-state index < -0.39 is 16.1 Å². The standard InChI is InChI=1S/C18H21ClN2O4S/c1-13(25-16-10-8-15(19)9-11-16)18(22)20-12-14-6-4-5-7-17(14)26(23,24)21(2)3/h4-11,13H,12H2,1-3H3,(H,20,22). The molecule has 0 heterocycles. The molecule has 0 saturated carbocycles. The van der Waals surface area contributed by atoms with Gasteiger partial charge in [-0.05, 0) is 42.8 Å². The van der Waals surface area contributed by atoms with E-state index in [9.17, 15) is 13.2 Å². The zero-order valence-electron chi connectivity index (χ0n) is 14.8. The Balaban J connectivity index is 2.04. The summed E-state index contributed by atoms with van der Waals surface area (Å²) in [6.45, 7) is 1.70. The average Bonchev–Trinajstić information content (AvgIpc) is 2.61. The first kappa shape index (κ1) is 20.2. The van der Waals surface area contributed by atoms with E-state index in [4.69, 9.17) is 16.3 Å². The molecule has 6 nitrogen and oxygen atoms in total. The van der Waals surface area contributed by atoms with Crippen LogP contribution in [0.1, 0.15) is 12.5 Å². The minimum Gasteiger partial charge on any atom is -0.481 e. The summed E-state index contributed by atoms with van der Waals surface area (Å²) in [5.41, 5.74) is 0.508. The summed E-state index contributed by atoms with van der Waals surface area (Å²) in [6, 6.07) is 13.2. The third kappa shape index (κ3) is 4.97. The SMILES string of the molecule is CC(Oc1ccc(Cl)cc1)C(=O)NCc1ccccc1S(=O)(=O)N(C)C. The zero-order chi connectivity index (χ0) is 19.3. The molecular weight excluding hydrogens is 376 g/mol. The lowest BCUT2D eigenvalue weighted by Crippen LogP contribution is -2.36. The molecule has 140 valence electrons. The number of hydrogen-bond donors (Lipinski definition) is 1. The Labute approximate surface area is 158 Å². The number of amides is 1. The van der Waals surface area contributed by atoms with Gasteiger partial charge < -0.3 is 10.1 Å². The molecule has 0 radical (unpaired) electrons. The van der Waals surface area contributed by atoms with E-state index in [1.54, 1.807) is 49.4 Å². The lowest BCUT2D eigenvalue weighted by atomic mass is 10.2.